The van der Waals surface area contributed by atoms with E-state index in [1.165, 1.54) is 16.8 Å². The first-order chi connectivity index (χ1) is 14.5. The zero-order chi connectivity index (χ0) is 21.6. The Labute approximate surface area is 172 Å². The molecule has 1 aromatic heterocycles. The maximum Gasteiger partial charge on any atom is 0.328 e. The Bertz CT molecular complexity index is 1000. The SMILES string of the molecule is CC1(n2ccc(=O)[nH]c2=O)CO[C@H]([C@@H](CCCN=[N+]=[N-])OCc2ccccc2)C1O. The lowest BCUT2D eigenvalue weighted by molar-refractivity contribution is -0.0918. The fraction of sp³-hybridized carbons (Fsp3) is 0.500. The first-order valence-corrected chi connectivity index (χ1v) is 9.74. The van der Waals surface area contributed by atoms with Gasteiger partial charge in [-0.1, -0.05) is 35.4 Å². The predicted octanol–water partition coefficient (Wildman–Crippen LogP) is 1.69. The number of benzene rings is 1. The molecule has 0 spiro atoms. The summed E-state index contributed by atoms with van der Waals surface area (Å²) in [6.07, 6.45) is 0.201. The van der Waals surface area contributed by atoms with Crippen LogP contribution in [0.3, 0.4) is 0 Å². The fourth-order valence-corrected chi connectivity index (χ4v) is 3.67. The maximum absolute atomic E-state index is 12.3. The normalized spacial score (nSPS) is 24.3. The van der Waals surface area contributed by atoms with Crippen molar-refractivity contribution >= 4 is 0 Å². The monoisotopic (exact) mass is 415 g/mol. The zero-order valence-corrected chi connectivity index (χ0v) is 16.7. The van der Waals surface area contributed by atoms with Crippen molar-refractivity contribution in [2.24, 2.45) is 5.11 Å². The number of hydrogen-bond acceptors (Lipinski definition) is 6. The molecule has 30 heavy (non-hydrogen) atoms. The third-order valence-corrected chi connectivity index (χ3v) is 5.37. The molecule has 10 nitrogen and oxygen atoms in total. The lowest BCUT2D eigenvalue weighted by Crippen LogP contribution is -2.52. The summed E-state index contributed by atoms with van der Waals surface area (Å²) in [6.45, 7) is 2.41. The molecule has 0 amide bonds. The number of H-pyrrole nitrogens is 1. The molecule has 1 aliphatic rings. The van der Waals surface area contributed by atoms with E-state index in [0.717, 1.165) is 5.56 Å². The number of rotatable bonds is 9. The molecule has 10 heteroatoms. The molecule has 0 bridgehead atoms. The van der Waals surface area contributed by atoms with Gasteiger partial charge in [0.2, 0.25) is 0 Å². The summed E-state index contributed by atoms with van der Waals surface area (Å²) in [7, 11) is 0. The van der Waals surface area contributed by atoms with Crippen molar-refractivity contribution in [1.82, 2.24) is 9.55 Å². The summed E-state index contributed by atoms with van der Waals surface area (Å²) >= 11 is 0. The van der Waals surface area contributed by atoms with E-state index < -0.39 is 35.1 Å². The number of nitrogens with zero attached hydrogens (tertiary/aromatic N) is 4. The number of aliphatic hydroxyl groups excluding tert-OH is 1. The van der Waals surface area contributed by atoms with Gasteiger partial charge >= 0.3 is 5.69 Å². The second-order valence-electron chi connectivity index (χ2n) is 7.49. The molecule has 3 rings (SSSR count). The highest BCUT2D eigenvalue weighted by molar-refractivity contribution is 5.13. The highest BCUT2D eigenvalue weighted by atomic mass is 16.6. The van der Waals surface area contributed by atoms with Crippen LogP contribution in [0.15, 0.2) is 57.3 Å². The quantitative estimate of drug-likeness (QED) is 0.277. The Morgan fingerprint density at radius 1 is 1.40 bits per heavy atom. The molecule has 0 aliphatic carbocycles. The number of aromatic amines is 1. The van der Waals surface area contributed by atoms with Crippen molar-refractivity contribution in [2.45, 2.75) is 50.2 Å². The topological polar surface area (TPSA) is 142 Å². The third kappa shape index (κ3) is 4.80. The van der Waals surface area contributed by atoms with E-state index >= 15 is 0 Å². The highest BCUT2D eigenvalue weighted by Crippen LogP contribution is 2.34. The first kappa shape index (κ1) is 21.8. The Hall–Kier alpha value is -2.91. The van der Waals surface area contributed by atoms with Gasteiger partial charge in [0.1, 0.15) is 12.2 Å². The number of hydrogen-bond donors (Lipinski definition) is 2. The largest absolute Gasteiger partial charge is 0.388 e. The van der Waals surface area contributed by atoms with Crippen molar-refractivity contribution < 1.29 is 14.6 Å². The number of aliphatic hydroxyl groups is 1. The summed E-state index contributed by atoms with van der Waals surface area (Å²) in [5.74, 6) is 0. The van der Waals surface area contributed by atoms with E-state index in [9.17, 15) is 14.7 Å². The van der Waals surface area contributed by atoms with E-state index in [1.807, 2.05) is 30.3 Å². The van der Waals surface area contributed by atoms with Gasteiger partial charge in [0.15, 0.2) is 0 Å². The summed E-state index contributed by atoms with van der Waals surface area (Å²) in [4.78, 5) is 28.6. The molecule has 160 valence electrons. The standard InChI is InChI=1S/C20H25N5O5/c1-20(25-11-9-16(26)23-19(25)28)13-30-17(18(20)27)15(8-5-10-22-24-21)29-12-14-6-3-2-4-7-14/h2-4,6-7,9,11,15,17-18,27H,5,8,10,12-13H2,1H3,(H,23,26,28)/t15-,17-,18?,20?/m1/s1. The molecular formula is C20H25N5O5. The van der Waals surface area contributed by atoms with Crippen LogP contribution in [0.1, 0.15) is 25.3 Å². The lowest BCUT2D eigenvalue weighted by Gasteiger charge is -2.32. The molecule has 1 fully saturated rings. The van der Waals surface area contributed by atoms with Crippen LogP contribution in [0.5, 0.6) is 0 Å². The molecule has 2 N–H and O–H groups in total. The highest BCUT2D eigenvalue weighted by Gasteiger charge is 2.50. The first-order valence-electron chi connectivity index (χ1n) is 9.74. The molecular weight excluding hydrogens is 390 g/mol. The molecule has 2 aromatic rings. The second-order valence-corrected chi connectivity index (χ2v) is 7.49. The van der Waals surface area contributed by atoms with Gasteiger partial charge in [-0.15, -0.1) is 0 Å². The molecule has 0 saturated carbocycles. The van der Waals surface area contributed by atoms with Gasteiger partial charge in [-0.3, -0.25) is 14.3 Å². The van der Waals surface area contributed by atoms with Gasteiger partial charge in [0, 0.05) is 23.7 Å². The maximum atomic E-state index is 12.3. The summed E-state index contributed by atoms with van der Waals surface area (Å²) in [5.41, 5.74) is 7.27. The molecule has 1 aromatic carbocycles. The molecule has 0 radical (unpaired) electrons. The van der Waals surface area contributed by atoms with E-state index in [4.69, 9.17) is 15.0 Å². The number of aromatic nitrogens is 2. The van der Waals surface area contributed by atoms with Crippen molar-refractivity contribution in [3.05, 3.63) is 79.4 Å². The van der Waals surface area contributed by atoms with Crippen LogP contribution in [0.2, 0.25) is 0 Å². The van der Waals surface area contributed by atoms with Gasteiger partial charge in [-0.05, 0) is 30.9 Å². The van der Waals surface area contributed by atoms with Gasteiger partial charge in [-0.2, -0.15) is 0 Å². The minimum atomic E-state index is -1.06. The van der Waals surface area contributed by atoms with Crippen LogP contribution in [0.4, 0.5) is 0 Å². The van der Waals surface area contributed by atoms with Crippen molar-refractivity contribution in [3.63, 3.8) is 0 Å². The Kier molecular flexibility index (Phi) is 7.07. The van der Waals surface area contributed by atoms with Crippen LogP contribution < -0.4 is 11.2 Å². The van der Waals surface area contributed by atoms with E-state index in [2.05, 4.69) is 15.0 Å². The molecule has 2 heterocycles. The van der Waals surface area contributed by atoms with Crippen molar-refractivity contribution in [3.8, 4) is 0 Å². The molecule has 1 aliphatic heterocycles. The minimum absolute atomic E-state index is 0.0757. The van der Waals surface area contributed by atoms with Crippen LogP contribution in [-0.4, -0.2) is 46.1 Å². The Balaban J connectivity index is 1.78. The Morgan fingerprint density at radius 2 is 2.17 bits per heavy atom. The molecule has 4 atom stereocenters. The summed E-state index contributed by atoms with van der Waals surface area (Å²) in [6, 6.07) is 10.8. The van der Waals surface area contributed by atoms with Gasteiger partial charge in [0.05, 0.1) is 24.9 Å². The van der Waals surface area contributed by atoms with E-state index in [-0.39, 0.29) is 6.61 Å². The average molecular weight is 415 g/mol. The van der Waals surface area contributed by atoms with Crippen molar-refractivity contribution in [1.29, 1.82) is 0 Å². The van der Waals surface area contributed by atoms with Gasteiger partial charge in [-0.25, -0.2) is 4.79 Å². The van der Waals surface area contributed by atoms with Crippen LogP contribution in [0, 0.1) is 0 Å². The van der Waals surface area contributed by atoms with Crippen LogP contribution >= 0.6 is 0 Å². The van der Waals surface area contributed by atoms with Gasteiger partial charge in [0.25, 0.3) is 5.56 Å². The molecule has 2 unspecified atom stereocenters. The zero-order valence-electron chi connectivity index (χ0n) is 16.7. The smallest absolute Gasteiger partial charge is 0.328 e. The van der Waals surface area contributed by atoms with Gasteiger partial charge < -0.3 is 14.6 Å². The lowest BCUT2D eigenvalue weighted by atomic mass is 9.90. The second kappa shape index (κ2) is 9.73. The van der Waals surface area contributed by atoms with Crippen LogP contribution in [-0.2, 0) is 21.6 Å². The number of azide groups is 1. The number of nitrogens with one attached hydrogen (secondary N) is 1. The summed E-state index contributed by atoms with van der Waals surface area (Å²) in [5, 5.41) is 14.6. The minimum Gasteiger partial charge on any atom is -0.388 e. The predicted molar refractivity (Wildman–Crippen MR) is 109 cm³/mol. The van der Waals surface area contributed by atoms with Crippen LogP contribution in [0.25, 0.3) is 10.4 Å². The van der Waals surface area contributed by atoms with E-state index in [0.29, 0.717) is 26.0 Å². The third-order valence-electron chi connectivity index (χ3n) is 5.37. The Morgan fingerprint density at radius 3 is 2.87 bits per heavy atom. The van der Waals surface area contributed by atoms with E-state index in [1.54, 1.807) is 6.92 Å². The average Bonchev–Trinajstić information content (AvgIpc) is 3.03. The van der Waals surface area contributed by atoms with Crippen molar-refractivity contribution in [2.75, 3.05) is 13.2 Å². The molecule has 1 saturated heterocycles. The fourth-order valence-electron chi connectivity index (χ4n) is 3.67. The number of ether oxygens (including phenoxy) is 2. The summed E-state index contributed by atoms with van der Waals surface area (Å²) < 4.78 is 13.3.